The third kappa shape index (κ3) is 9.84. The largest absolute Gasteiger partial charge is 0.309 e. The zero-order valence-corrected chi connectivity index (χ0v) is 46.1. The minimum absolute atomic E-state index is 0.530. The second-order valence-corrected chi connectivity index (χ2v) is 20.5. The molecule has 16 aromatic rings. The Hall–Kier alpha value is -12.0. The van der Waals surface area contributed by atoms with E-state index in [1.165, 1.54) is 43.6 Å². The minimum atomic E-state index is 0.530. The van der Waals surface area contributed by atoms with Crippen LogP contribution < -0.4 is 0 Å². The highest BCUT2D eigenvalue weighted by molar-refractivity contribution is 6.10. The van der Waals surface area contributed by atoms with Crippen molar-refractivity contribution in [1.82, 2.24) is 59.0 Å². The average molecular weight is 1110 g/mol. The molecule has 7 aromatic carbocycles. The molecule has 0 bridgehead atoms. The van der Waals surface area contributed by atoms with Crippen molar-refractivity contribution in [3.8, 4) is 102 Å². The van der Waals surface area contributed by atoms with Crippen LogP contribution >= 0.6 is 0 Å². The monoisotopic (exact) mass is 1100 g/mol. The molecular formula is C74H48N12. The van der Waals surface area contributed by atoms with E-state index in [-0.39, 0.29) is 0 Å². The van der Waals surface area contributed by atoms with Gasteiger partial charge in [0, 0.05) is 98.6 Å². The molecule has 0 N–H and O–H groups in total. The number of para-hydroxylation sites is 4. The maximum Gasteiger partial charge on any atom is 0.178 e. The Labute approximate surface area is 494 Å². The molecule has 9 heterocycles. The van der Waals surface area contributed by atoms with Gasteiger partial charge in [0.25, 0.3) is 0 Å². The Kier molecular flexibility index (Phi) is 13.2. The number of hydrogen-bond donors (Lipinski definition) is 0. The van der Waals surface area contributed by atoms with Gasteiger partial charge in [-0.15, -0.1) is 0 Å². The van der Waals surface area contributed by atoms with Gasteiger partial charge in [0.15, 0.2) is 17.5 Å². The second kappa shape index (κ2) is 22.4. The van der Waals surface area contributed by atoms with Gasteiger partial charge >= 0.3 is 0 Å². The van der Waals surface area contributed by atoms with Crippen LogP contribution in [0.2, 0.25) is 0 Å². The van der Waals surface area contributed by atoms with Gasteiger partial charge in [0.2, 0.25) is 0 Å². The normalized spacial score (nSPS) is 11.3. The van der Waals surface area contributed by atoms with Crippen LogP contribution in [0.3, 0.4) is 0 Å². The minimum Gasteiger partial charge on any atom is -0.309 e. The number of aromatic nitrogens is 12. The van der Waals surface area contributed by atoms with Crippen LogP contribution in [0.1, 0.15) is 0 Å². The summed E-state index contributed by atoms with van der Waals surface area (Å²) in [7, 11) is 0. The van der Waals surface area contributed by atoms with E-state index in [0.29, 0.717) is 23.2 Å². The highest BCUT2D eigenvalue weighted by Crippen LogP contribution is 2.36. The number of hydrogen-bond acceptors (Lipinski definition) is 10. The molecule has 0 atom stereocenters. The highest BCUT2D eigenvalue weighted by atomic mass is 15.0. The Morgan fingerprint density at radius 3 is 0.977 bits per heavy atom. The van der Waals surface area contributed by atoms with Crippen molar-refractivity contribution in [2.45, 2.75) is 0 Å². The van der Waals surface area contributed by atoms with Crippen LogP contribution in [0.5, 0.6) is 0 Å². The van der Waals surface area contributed by atoms with Crippen LogP contribution in [0.4, 0.5) is 0 Å². The lowest BCUT2D eigenvalue weighted by Crippen LogP contribution is -1.99. The zero-order valence-electron chi connectivity index (χ0n) is 46.1. The van der Waals surface area contributed by atoms with Gasteiger partial charge in [-0.25, -0.2) is 34.9 Å². The second-order valence-electron chi connectivity index (χ2n) is 20.5. The number of fused-ring (bicyclic) bond motifs is 6. The van der Waals surface area contributed by atoms with E-state index in [1.807, 2.05) is 128 Å². The molecule has 0 saturated heterocycles. The van der Waals surface area contributed by atoms with E-state index in [1.54, 1.807) is 18.6 Å². The summed E-state index contributed by atoms with van der Waals surface area (Å²) < 4.78 is 4.63. The van der Waals surface area contributed by atoms with Gasteiger partial charge in [-0.05, 0) is 114 Å². The molecule has 404 valence electrons. The van der Waals surface area contributed by atoms with Crippen molar-refractivity contribution >= 4 is 43.6 Å². The fraction of sp³-hybridized carbons (Fsp3) is 0. The standard InChI is InChI=1S/2C37H24N6/c1-3-13-35-29(9-1)30-10-2-4-14-36(30)43(35)28-17-15-25(16-18-28)27-23-40-37(41-24-27)26-21-33(31-11-5-7-19-38-31)42-34(22-26)32-12-6-8-20-39-32;1-2-10-26(11-3-1)36-41-32(31-14-8-9-21-38-31)22-33(42-36)37-39-23-27(24-40-37)25-17-19-28(20-18-25)43-34-15-6-4-12-29(34)30-13-5-7-16-35(30)43/h2*1-24H. The predicted molar refractivity (Wildman–Crippen MR) is 343 cm³/mol. The predicted octanol–water partition coefficient (Wildman–Crippen LogP) is 16.9. The quantitative estimate of drug-likeness (QED) is 0.130. The molecule has 0 aliphatic carbocycles. The summed E-state index contributed by atoms with van der Waals surface area (Å²) in [5.74, 6) is 1.75. The summed E-state index contributed by atoms with van der Waals surface area (Å²) in [5, 5.41) is 4.99. The first-order valence-corrected chi connectivity index (χ1v) is 28.2. The van der Waals surface area contributed by atoms with Crippen molar-refractivity contribution in [3.05, 3.63) is 292 Å². The first kappa shape index (κ1) is 50.9. The van der Waals surface area contributed by atoms with Gasteiger partial charge < -0.3 is 9.13 Å². The lowest BCUT2D eigenvalue weighted by atomic mass is 10.1. The molecule has 9 aromatic heterocycles. The molecule has 16 rings (SSSR count). The van der Waals surface area contributed by atoms with Crippen LogP contribution in [0.25, 0.3) is 146 Å². The van der Waals surface area contributed by atoms with E-state index >= 15 is 0 Å². The van der Waals surface area contributed by atoms with E-state index in [2.05, 4.69) is 170 Å². The fourth-order valence-corrected chi connectivity index (χ4v) is 11.1. The maximum atomic E-state index is 4.85. The summed E-state index contributed by atoms with van der Waals surface area (Å²) in [6.45, 7) is 0. The van der Waals surface area contributed by atoms with Gasteiger partial charge in [-0.2, -0.15) is 0 Å². The van der Waals surface area contributed by atoms with Crippen LogP contribution in [0.15, 0.2) is 292 Å². The van der Waals surface area contributed by atoms with Crippen molar-refractivity contribution in [2.75, 3.05) is 0 Å². The number of pyridine rings is 4. The van der Waals surface area contributed by atoms with Gasteiger partial charge in [-0.3, -0.25) is 15.0 Å². The number of benzene rings is 7. The third-order valence-corrected chi connectivity index (χ3v) is 15.2. The molecule has 0 aliphatic heterocycles. The third-order valence-electron chi connectivity index (χ3n) is 15.2. The molecule has 0 unspecified atom stereocenters. The smallest absolute Gasteiger partial charge is 0.178 e. The summed E-state index contributed by atoms with van der Waals surface area (Å²) >= 11 is 0. The van der Waals surface area contributed by atoms with Gasteiger partial charge in [0.05, 0.1) is 56.2 Å². The lowest BCUT2D eigenvalue weighted by molar-refractivity contribution is 1.10. The van der Waals surface area contributed by atoms with Crippen LogP contribution in [0, 0.1) is 0 Å². The molecule has 86 heavy (non-hydrogen) atoms. The first-order valence-electron chi connectivity index (χ1n) is 28.2. The first-order chi connectivity index (χ1) is 42.6. The van der Waals surface area contributed by atoms with Gasteiger partial charge in [-0.1, -0.05) is 146 Å². The Balaban J connectivity index is 0.000000145. The Morgan fingerprint density at radius 2 is 0.570 bits per heavy atom. The topological polar surface area (TPSA) is 139 Å². The van der Waals surface area contributed by atoms with E-state index in [4.69, 9.17) is 34.9 Å². The molecule has 0 fully saturated rings. The molecule has 0 spiro atoms. The van der Waals surface area contributed by atoms with Crippen molar-refractivity contribution < 1.29 is 0 Å². The van der Waals surface area contributed by atoms with Crippen LogP contribution in [-0.2, 0) is 0 Å². The molecule has 0 saturated carbocycles. The van der Waals surface area contributed by atoms with E-state index in [0.717, 1.165) is 78.9 Å². The summed E-state index contributed by atoms with van der Waals surface area (Å²) in [6.07, 6.45) is 12.7. The average Bonchev–Trinajstić information content (AvgIpc) is 2.44. The Morgan fingerprint density at radius 1 is 0.209 bits per heavy atom. The molecule has 0 radical (unpaired) electrons. The van der Waals surface area contributed by atoms with Crippen LogP contribution in [-0.4, -0.2) is 59.0 Å². The maximum absolute atomic E-state index is 4.85. The van der Waals surface area contributed by atoms with Crippen molar-refractivity contribution in [2.24, 2.45) is 0 Å². The van der Waals surface area contributed by atoms with Gasteiger partial charge in [0.1, 0.15) is 5.69 Å². The molecule has 12 nitrogen and oxygen atoms in total. The van der Waals surface area contributed by atoms with Crippen molar-refractivity contribution in [1.29, 1.82) is 0 Å². The van der Waals surface area contributed by atoms with Crippen molar-refractivity contribution in [3.63, 3.8) is 0 Å². The SMILES string of the molecule is c1ccc(-c2cc(-c3ncc(-c4ccc(-n5c6ccccc6c6ccccc65)cc4)cn3)cc(-c3ccccn3)n2)nc1.c1ccc(-c2nc(-c3ccccn3)cc(-c3ncc(-c4ccc(-n5c6ccccc6c6ccccc65)cc4)cn3)n2)cc1. The zero-order chi connectivity index (χ0) is 57.2. The van der Waals surface area contributed by atoms with E-state index < -0.39 is 0 Å². The number of rotatable bonds is 10. The summed E-state index contributed by atoms with van der Waals surface area (Å²) in [4.78, 5) is 47.0. The van der Waals surface area contributed by atoms with E-state index in [9.17, 15) is 0 Å². The highest BCUT2D eigenvalue weighted by Gasteiger charge is 2.17. The lowest BCUT2D eigenvalue weighted by Gasteiger charge is -2.10. The number of nitrogens with zero attached hydrogens (tertiary/aromatic N) is 12. The summed E-state index contributed by atoms with van der Waals surface area (Å²) in [5.41, 5.74) is 17.9. The summed E-state index contributed by atoms with van der Waals surface area (Å²) in [6, 6.07) is 84.4. The molecular weight excluding hydrogens is 1060 g/mol. The molecule has 0 amide bonds. The molecule has 0 aliphatic rings. The fourth-order valence-electron chi connectivity index (χ4n) is 11.1. The molecule has 12 heteroatoms. The Bertz CT molecular complexity index is 4510.